The van der Waals surface area contributed by atoms with Gasteiger partial charge in [-0.1, -0.05) is 6.92 Å². The van der Waals surface area contributed by atoms with E-state index in [1.807, 2.05) is 19.0 Å². The third-order valence-electron chi connectivity index (χ3n) is 7.19. The number of carbonyl (C=O) groups excluding carboxylic acids is 3. The zero-order chi connectivity index (χ0) is 25.8. The van der Waals surface area contributed by atoms with Crippen molar-refractivity contribution in [2.24, 2.45) is 5.41 Å². The fourth-order valence-electron chi connectivity index (χ4n) is 5.20. The van der Waals surface area contributed by atoms with Gasteiger partial charge in [-0.3, -0.25) is 24.0 Å². The van der Waals surface area contributed by atoms with Gasteiger partial charge in [-0.15, -0.1) is 0 Å². The lowest BCUT2D eigenvalue weighted by molar-refractivity contribution is -0.139. The summed E-state index contributed by atoms with van der Waals surface area (Å²) in [5, 5.41) is 7.75. The molecule has 2 aliphatic rings. The summed E-state index contributed by atoms with van der Waals surface area (Å²) in [5.74, 6) is 0.143. The lowest BCUT2D eigenvalue weighted by atomic mass is 10.0. The van der Waals surface area contributed by atoms with E-state index in [-0.39, 0.29) is 41.3 Å². The molecule has 0 bridgehead atoms. The predicted molar refractivity (Wildman–Crippen MR) is 134 cm³/mol. The number of carbonyl (C=O) groups is 3. The second-order valence-electron chi connectivity index (χ2n) is 10.3. The van der Waals surface area contributed by atoms with Crippen LogP contribution in [0.2, 0.25) is 0 Å². The van der Waals surface area contributed by atoms with E-state index in [0.29, 0.717) is 35.4 Å². The molecule has 1 aliphatic heterocycles. The van der Waals surface area contributed by atoms with E-state index < -0.39 is 6.04 Å². The van der Waals surface area contributed by atoms with Crippen LogP contribution in [0.15, 0.2) is 24.7 Å². The summed E-state index contributed by atoms with van der Waals surface area (Å²) in [4.78, 5) is 55.3. The van der Waals surface area contributed by atoms with Crippen molar-refractivity contribution >= 4 is 36.5 Å². The number of hydrogen-bond acceptors (Lipinski definition) is 8. The Morgan fingerprint density at radius 1 is 1.17 bits per heavy atom. The molecule has 11 nitrogen and oxygen atoms in total. The van der Waals surface area contributed by atoms with Crippen molar-refractivity contribution in [2.75, 3.05) is 14.1 Å². The summed E-state index contributed by atoms with van der Waals surface area (Å²) < 4.78 is 1.51. The molecule has 12 heteroatoms. The van der Waals surface area contributed by atoms with Gasteiger partial charge in [0.1, 0.15) is 24.1 Å². The van der Waals surface area contributed by atoms with Gasteiger partial charge in [0.05, 0.1) is 24.0 Å². The first kappa shape index (κ1) is 24.0. The molecule has 4 heterocycles. The molecule has 36 heavy (non-hydrogen) atoms. The molecule has 1 N–H and O–H groups in total. The smallest absolute Gasteiger partial charge is 0.245 e. The van der Waals surface area contributed by atoms with E-state index in [9.17, 15) is 14.4 Å². The van der Waals surface area contributed by atoms with Crippen molar-refractivity contribution in [3.8, 4) is 11.3 Å². The van der Waals surface area contributed by atoms with Crippen molar-refractivity contribution in [3.05, 3.63) is 36.2 Å². The molecule has 0 radical (unpaired) electrons. The maximum absolute atomic E-state index is 13.4. The predicted octanol–water partition coefficient (Wildman–Crippen LogP) is 0.196. The summed E-state index contributed by atoms with van der Waals surface area (Å²) in [5.41, 5.74) is 2.17. The highest BCUT2D eigenvalue weighted by Gasteiger charge is 2.64. The van der Waals surface area contributed by atoms with Crippen LogP contribution in [0.3, 0.4) is 0 Å². The number of nitrogens with one attached hydrogen (secondary N) is 1. The van der Waals surface area contributed by atoms with Crippen molar-refractivity contribution in [1.82, 2.24) is 39.8 Å². The molecule has 5 rings (SSSR count). The first-order valence-electron chi connectivity index (χ1n) is 12.0. The molecule has 3 aromatic rings. The summed E-state index contributed by atoms with van der Waals surface area (Å²) in [6, 6.07) is 1.35. The highest BCUT2D eigenvalue weighted by Crippen LogP contribution is 2.59. The summed E-state index contributed by atoms with van der Waals surface area (Å²) in [7, 11) is 5.48. The van der Waals surface area contributed by atoms with Crippen LogP contribution >= 0.6 is 0 Å². The highest BCUT2D eigenvalue weighted by molar-refractivity contribution is 6.15. The number of nitrogens with zero attached hydrogens (tertiary/aromatic N) is 7. The first-order chi connectivity index (χ1) is 17.1. The summed E-state index contributed by atoms with van der Waals surface area (Å²) in [6.07, 6.45) is 6.58. The maximum atomic E-state index is 13.4. The molecule has 2 fully saturated rings. The minimum atomic E-state index is -0.486. The molecular formula is C24H29BN8O3. The Morgan fingerprint density at radius 2 is 1.89 bits per heavy atom. The third-order valence-corrected chi connectivity index (χ3v) is 7.19. The van der Waals surface area contributed by atoms with E-state index in [1.54, 1.807) is 37.5 Å². The number of fused-ring (bicyclic) bond motifs is 2. The molecule has 186 valence electrons. The van der Waals surface area contributed by atoms with E-state index >= 15 is 0 Å². The molecule has 1 aliphatic carbocycles. The summed E-state index contributed by atoms with van der Waals surface area (Å²) in [6.45, 7) is 4.11. The monoisotopic (exact) mass is 488 g/mol. The molecule has 0 aromatic carbocycles. The van der Waals surface area contributed by atoms with Gasteiger partial charge >= 0.3 is 0 Å². The van der Waals surface area contributed by atoms with Gasteiger partial charge in [0.15, 0.2) is 5.78 Å². The lowest BCUT2D eigenvalue weighted by Gasteiger charge is -2.26. The largest absolute Gasteiger partial charge is 0.404 e. The fraction of sp³-hybridized carbons (Fsp3) is 0.458. The maximum Gasteiger partial charge on any atom is 0.245 e. The van der Waals surface area contributed by atoms with Crippen LogP contribution in [0, 0.1) is 5.41 Å². The number of pyridine rings is 1. The number of likely N-dealkylation sites (tertiary alicyclic amines) is 1. The van der Waals surface area contributed by atoms with Crippen molar-refractivity contribution in [2.45, 2.75) is 51.9 Å². The van der Waals surface area contributed by atoms with Crippen LogP contribution < -0.4 is 5.23 Å². The second kappa shape index (κ2) is 8.77. The lowest BCUT2D eigenvalue weighted by Crippen LogP contribution is -2.48. The highest BCUT2D eigenvalue weighted by atomic mass is 16.2. The summed E-state index contributed by atoms with van der Waals surface area (Å²) >= 11 is 0. The van der Waals surface area contributed by atoms with Crippen LogP contribution in [-0.2, 0) is 22.7 Å². The molecular weight excluding hydrogens is 459 g/mol. The van der Waals surface area contributed by atoms with E-state index in [2.05, 4.69) is 32.2 Å². The Balaban J connectivity index is 1.45. The molecule has 1 saturated heterocycles. The number of piperidine rings is 1. The van der Waals surface area contributed by atoms with Gasteiger partial charge in [0.2, 0.25) is 19.8 Å². The zero-order valence-corrected chi connectivity index (χ0v) is 21.1. The van der Waals surface area contributed by atoms with Crippen LogP contribution in [0.25, 0.3) is 22.2 Å². The molecule has 3 atom stereocenters. The number of rotatable bonds is 7. The van der Waals surface area contributed by atoms with Crippen molar-refractivity contribution < 1.29 is 14.4 Å². The standard InChI is InChI=1S/C24H29BN8O3/c1-13(34)22-15-5-16(14-8-27-20(28-9-14)11-31(3)4)26-10-18(15)32(30-22)12-21(35)33-17(23(36)29-25)6-24(2)7-19(24)33/h5,8-10,17,19H,6-7,11-12,25H2,1-4H3,(H,29,36)/t17-,19+,24-/m0/s1. The number of hydrogen-bond donors (Lipinski definition) is 1. The minimum Gasteiger partial charge on any atom is -0.404 e. The van der Waals surface area contributed by atoms with Gasteiger partial charge in [-0.05, 0) is 38.4 Å². The minimum absolute atomic E-state index is 0.00974. The SMILES string of the molecule is BNC(=O)[C@@H]1C[C@@]2(C)C[C@H]2N1C(=O)Cn1nc(C(C)=O)c2cc(-c3cnc(CN(C)C)nc3)ncc21. The zero-order valence-electron chi connectivity index (χ0n) is 21.1. The van der Waals surface area contributed by atoms with Gasteiger partial charge in [0, 0.05) is 36.3 Å². The van der Waals surface area contributed by atoms with Gasteiger partial charge in [-0.25, -0.2) is 9.97 Å². The number of Topliss-reactive ketones (excluding diaryl/α,β-unsaturated/α-hetero) is 1. The Morgan fingerprint density at radius 3 is 2.53 bits per heavy atom. The number of aromatic nitrogens is 5. The molecule has 1 saturated carbocycles. The van der Waals surface area contributed by atoms with E-state index in [0.717, 1.165) is 12.0 Å². The average molecular weight is 488 g/mol. The Hall–Kier alpha value is -3.67. The van der Waals surface area contributed by atoms with Gasteiger partial charge in [-0.2, -0.15) is 5.10 Å². The van der Waals surface area contributed by atoms with Crippen molar-refractivity contribution in [3.63, 3.8) is 0 Å². The van der Waals surface area contributed by atoms with Gasteiger partial charge < -0.3 is 15.0 Å². The van der Waals surface area contributed by atoms with Gasteiger partial charge in [0.25, 0.3) is 0 Å². The topological polar surface area (TPSA) is 126 Å². The normalized spacial score (nSPS) is 22.6. The Bertz CT molecular complexity index is 1370. The van der Waals surface area contributed by atoms with E-state index in [4.69, 9.17) is 0 Å². The molecule has 3 aromatic heterocycles. The Labute approximate surface area is 209 Å². The molecule has 0 spiro atoms. The van der Waals surface area contributed by atoms with Crippen molar-refractivity contribution in [1.29, 1.82) is 0 Å². The third kappa shape index (κ3) is 4.15. The average Bonchev–Trinajstić information content (AvgIpc) is 3.21. The van der Waals surface area contributed by atoms with E-state index in [1.165, 1.54) is 11.6 Å². The van der Waals surface area contributed by atoms with Crippen LogP contribution in [0.4, 0.5) is 0 Å². The fourth-order valence-corrected chi connectivity index (χ4v) is 5.20. The number of amides is 2. The van der Waals surface area contributed by atoms with Crippen LogP contribution in [0.5, 0.6) is 0 Å². The Kier molecular flexibility index (Phi) is 5.86. The quantitative estimate of drug-likeness (QED) is 0.369. The second-order valence-corrected chi connectivity index (χ2v) is 10.3. The van der Waals surface area contributed by atoms with Crippen LogP contribution in [-0.4, -0.2) is 86.3 Å². The van der Waals surface area contributed by atoms with Crippen LogP contribution in [0.1, 0.15) is 43.0 Å². The molecule has 2 amide bonds. The molecule has 0 unspecified atom stereocenters. The number of ketones is 1. The first-order valence-corrected chi connectivity index (χ1v) is 12.0.